The smallest absolute Gasteiger partial charge is 0.0543 e. The number of likely N-dealkylation sites (tertiary alicyclic amines) is 1. The van der Waals surface area contributed by atoms with Gasteiger partial charge in [-0.2, -0.15) is 0 Å². The zero-order valence-corrected chi connectivity index (χ0v) is 8.11. The van der Waals surface area contributed by atoms with Crippen molar-refractivity contribution in [3.63, 3.8) is 0 Å². The summed E-state index contributed by atoms with van der Waals surface area (Å²) in [6, 6.07) is 6.13. The van der Waals surface area contributed by atoms with E-state index in [2.05, 4.69) is 28.9 Å². The van der Waals surface area contributed by atoms with Gasteiger partial charge >= 0.3 is 0 Å². The van der Waals surface area contributed by atoms with Gasteiger partial charge in [0.15, 0.2) is 0 Å². The van der Waals surface area contributed by atoms with Gasteiger partial charge in [-0.1, -0.05) is 13.0 Å². The van der Waals surface area contributed by atoms with Crippen LogP contribution in [0.5, 0.6) is 0 Å². The van der Waals surface area contributed by atoms with Crippen molar-refractivity contribution in [2.45, 2.75) is 19.9 Å². The van der Waals surface area contributed by atoms with Crippen molar-refractivity contribution in [2.24, 2.45) is 5.92 Å². The van der Waals surface area contributed by atoms with E-state index in [1.165, 1.54) is 25.2 Å². The van der Waals surface area contributed by atoms with Crippen molar-refractivity contribution in [3.05, 3.63) is 30.1 Å². The van der Waals surface area contributed by atoms with Gasteiger partial charge in [-0.25, -0.2) is 0 Å². The summed E-state index contributed by atoms with van der Waals surface area (Å²) >= 11 is 0. The molecule has 0 amide bonds. The van der Waals surface area contributed by atoms with Crippen molar-refractivity contribution in [2.75, 3.05) is 13.1 Å². The quantitative estimate of drug-likeness (QED) is 0.684. The molecule has 0 aromatic carbocycles. The number of aromatic nitrogens is 1. The molecule has 13 heavy (non-hydrogen) atoms. The Balaban J connectivity index is 1.92. The van der Waals surface area contributed by atoms with Crippen molar-refractivity contribution in [1.29, 1.82) is 0 Å². The second-order valence-electron chi connectivity index (χ2n) is 3.95. The van der Waals surface area contributed by atoms with E-state index in [1.807, 2.05) is 12.3 Å². The molecule has 1 fully saturated rings. The topological polar surface area (TPSA) is 16.1 Å². The lowest BCUT2D eigenvalue weighted by molar-refractivity contribution is 0.316. The van der Waals surface area contributed by atoms with Gasteiger partial charge in [0, 0.05) is 19.3 Å². The molecule has 0 N–H and O–H groups in total. The molecule has 0 unspecified atom stereocenters. The molecule has 1 aromatic heterocycles. The SMILES string of the molecule is C[C@H]1CCN(Cc2ccccn2)C1. The van der Waals surface area contributed by atoms with Crippen LogP contribution in [0, 0.1) is 5.92 Å². The van der Waals surface area contributed by atoms with Crippen molar-refractivity contribution < 1.29 is 0 Å². The molecule has 2 heteroatoms. The van der Waals surface area contributed by atoms with Crippen molar-refractivity contribution in [3.8, 4) is 0 Å². The molecule has 0 radical (unpaired) electrons. The average Bonchev–Trinajstić information content (AvgIpc) is 2.53. The van der Waals surface area contributed by atoms with E-state index in [9.17, 15) is 0 Å². The average molecular weight is 176 g/mol. The summed E-state index contributed by atoms with van der Waals surface area (Å²) in [6.45, 7) is 5.80. The molecular formula is C11H16N2. The first kappa shape index (κ1) is 8.70. The van der Waals surface area contributed by atoms with E-state index >= 15 is 0 Å². The van der Waals surface area contributed by atoms with Gasteiger partial charge in [0.1, 0.15) is 0 Å². The lowest BCUT2D eigenvalue weighted by Crippen LogP contribution is -2.20. The van der Waals surface area contributed by atoms with E-state index in [-0.39, 0.29) is 0 Å². The zero-order chi connectivity index (χ0) is 9.10. The predicted octanol–water partition coefficient (Wildman–Crippen LogP) is 1.92. The lowest BCUT2D eigenvalue weighted by atomic mass is 10.2. The summed E-state index contributed by atoms with van der Waals surface area (Å²) in [5.74, 6) is 0.865. The highest BCUT2D eigenvalue weighted by atomic mass is 15.1. The van der Waals surface area contributed by atoms with E-state index in [4.69, 9.17) is 0 Å². The van der Waals surface area contributed by atoms with Gasteiger partial charge in [0.25, 0.3) is 0 Å². The number of rotatable bonds is 2. The van der Waals surface area contributed by atoms with Gasteiger partial charge in [-0.3, -0.25) is 9.88 Å². The first-order valence-corrected chi connectivity index (χ1v) is 4.97. The minimum absolute atomic E-state index is 0.865. The third kappa shape index (κ3) is 2.28. The Labute approximate surface area is 79.6 Å². The van der Waals surface area contributed by atoms with Crippen LogP contribution >= 0.6 is 0 Å². The summed E-state index contributed by atoms with van der Waals surface area (Å²) in [4.78, 5) is 6.80. The summed E-state index contributed by atoms with van der Waals surface area (Å²) in [5.41, 5.74) is 1.19. The van der Waals surface area contributed by atoms with Crippen molar-refractivity contribution >= 4 is 0 Å². The molecule has 1 aromatic rings. The molecule has 2 heterocycles. The fourth-order valence-electron chi connectivity index (χ4n) is 1.89. The Kier molecular flexibility index (Phi) is 2.60. The number of nitrogens with zero attached hydrogens (tertiary/aromatic N) is 2. The monoisotopic (exact) mass is 176 g/mol. The van der Waals surface area contributed by atoms with Gasteiger partial charge in [-0.05, 0) is 31.0 Å². The number of hydrogen-bond acceptors (Lipinski definition) is 2. The van der Waals surface area contributed by atoms with Gasteiger partial charge in [0.05, 0.1) is 5.69 Å². The van der Waals surface area contributed by atoms with Crippen LogP contribution in [0.1, 0.15) is 19.0 Å². The molecule has 2 nitrogen and oxygen atoms in total. The Morgan fingerprint density at radius 2 is 2.46 bits per heavy atom. The maximum absolute atomic E-state index is 4.33. The van der Waals surface area contributed by atoms with Crippen LogP contribution < -0.4 is 0 Å². The zero-order valence-electron chi connectivity index (χ0n) is 8.11. The highest BCUT2D eigenvalue weighted by Gasteiger charge is 2.18. The molecule has 0 aliphatic carbocycles. The van der Waals surface area contributed by atoms with E-state index in [0.717, 1.165) is 12.5 Å². The maximum Gasteiger partial charge on any atom is 0.0543 e. The normalized spacial score (nSPS) is 23.6. The Hall–Kier alpha value is -0.890. The fourth-order valence-corrected chi connectivity index (χ4v) is 1.89. The molecule has 70 valence electrons. The lowest BCUT2D eigenvalue weighted by Gasteiger charge is -2.13. The molecule has 0 spiro atoms. The first-order valence-electron chi connectivity index (χ1n) is 4.97. The van der Waals surface area contributed by atoms with E-state index in [1.54, 1.807) is 0 Å². The highest BCUT2D eigenvalue weighted by molar-refractivity contribution is 5.03. The van der Waals surface area contributed by atoms with Gasteiger partial charge < -0.3 is 0 Å². The molecule has 0 saturated carbocycles. The van der Waals surface area contributed by atoms with E-state index in [0.29, 0.717) is 0 Å². The second-order valence-corrected chi connectivity index (χ2v) is 3.95. The molecule has 1 aliphatic heterocycles. The third-order valence-corrected chi connectivity index (χ3v) is 2.62. The summed E-state index contributed by atoms with van der Waals surface area (Å²) in [6.07, 6.45) is 3.21. The second kappa shape index (κ2) is 3.88. The minimum atomic E-state index is 0.865. The van der Waals surface area contributed by atoms with Crippen LogP contribution in [0.25, 0.3) is 0 Å². The summed E-state index contributed by atoms with van der Waals surface area (Å²) in [5, 5.41) is 0. The van der Waals surface area contributed by atoms with Crippen molar-refractivity contribution in [1.82, 2.24) is 9.88 Å². The third-order valence-electron chi connectivity index (χ3n) is 2.62. The van der Waals surface area contributed by atoms with Crippen LogP contribution in [0.15, 0.2) is 24.4 Å². The van der Waals surface area contributed by atoms with E-state index < -0.39 is 0 Å². The molecule has 1 atom stereocenters. The Bertz CT molecular complexity index is 258. The minimum Gasteiger partial charge on any atom is -0.297 e. The van der Waals surface area contributed by atoms with Crippen LogP contribution in [0.3, 0.4) is 0 Å². The van der Waals surface area contributed by atoms with Gasteiger partial charge in [0.2, 0.25) is 0 Å². The summed E-state index contributed by atoms with van der Waals surface area (Å²) < 4.78 is 0. The van der Waals surface area contributed by atoms with Gasteiger partial charge in [-0.15, -0.1) is 0 Å². The highest BCUT2D eigenvalue weighted by Crippen LogP contribution is 2.16. The molecular weight excluding hydrogens is 160 g/mol. The van der Waals surface area contributed by atoms with Crippen LogP contribution in [-0.4, -0.2) is 23.0 Å². The van der Waals surface area contributed by atoms with Crippen LogP contribution in [0.4, 0.5) is 0 Å². The molecule has 0 bridgehead atoms. The molecule has 1 saturated heterocycles. The first-order chi connectivity index (χ1) is 6.34. The fraction of sp³-hybridized carbons (Fsp3) is 0.545. The predicted molar refractivity (Wildman–Crippen MR) is 53.3 cm³/mol. The Morgan fingerprint density at radius 3 is 3.08 bits per heavy atom. The molecule has 2 rings (SSSR count). The Morgan fingerprint density at radius 1 is 1.54 bits per heavy atom. The number of hydrogen-bond donors (Lipinski definition) is 0. The maximum atomic E-state index is 4.33. The summed E-state index contributed by atoms with van der Waals surface area (Å²) in [7, 11) is 0. The van der Waals surface area contributed by atoms with Crippen LogP contribution in [-0.2, 0) is 6.54 Å². The standard InChI is InChI=1S/C11H16N2/c1-10-5-7-13(8-10)9-11-4-2-3-6-12-11/h2-4,6,10H,5,7-9H2,1H3/t10-/m0/s1. The largest absolute Gasteiger partial charge is 0.297 e. The number of pyridine rings is 1. The van der Waals surface area contributed by atoms with Crippen LogP contribution in [0.2, 0.25) is 0 Å². The molecule has 1 aliphatic rings.